The fourth-order valence-corrected chi connectivity index (χ4v) is 1.22. The van der Waals surface area contributed by atoms with Gasteiger partial charge < -0.3 is 10.2 Å². The van der Waals surface area contributed by atoms with Crippen LogP contribution in [0.1, 0.15) is 46.5 Å². The van der Waals surface area contributed by atoms with E-state index in [1.54, 1.807) is 0 Å². The first-order chi connectivity index (χ1) is 7.93. The zero-order chi connectivity index (χ0) is 13.7. The van der Waals surface area contributed by atoms with Crippen molar-refractivity contribution >= 4 is 11.9 Å². The van der Waals surface area contributed by atoms with E-state index in [1.807, 2.05) is 4.90 Å². The maximum Gasteiger partial charge on any atom is 0.317 e. The number of carbonyl (C=O) groups is 2. The summed E-state index contributed by atoms with van der Waals surface area (Å²) < 4.78 is 0. The maximum atomic E-state index is 10.5. The molecule has 0 unspecified atom stereocenters. The van der Waals surface area contributed by atoms with Crippen LogP contribution in [0.15, 0.2) is 0 Å². The van der Waals surface area contributed by atoms with Crippen LogP contribution in [0.4, 0.5) is 0 Å². The third-order valence-corrected chi connectivity index (χ3v) is 2.01. The Balaban J connectivity index is 0. The lowest BCUT2D eigenvalue weighted by Gasteiger charge is -2.19. The van der Waals surface area contributed by atoms with Crippen LogP contribution in [0.3, 0.4) is 0 Å². The minimum atomic E-state index is -0.833. The van der Waals surface area contributed by atoms with Crippen LogP contribution >= 0.6 is 0 Å². The van der Waals surface area contributed by atoms with Gasteiger partial charge in [0, 0.05) is 6.92 Å². The Kier molecular flexibility index (Phi) is 13.9. The molecule has 2 N–H and O–H groups in total. The Labute approximate surface area is 103 Å². The van der Waals surface area contributed by atoms with Crippen molar-refractivity contribution in [3.05, 3.63) is 0 Å². The van der Waals surface area contributed by atoms with Crippen LogP contribution in [0.25, 0.3) is 0 Å². The van der Waals surface area contributed by atoms with Gasteiger partial charge in [0.25, 0.3) is 5.97 Å². The Hall–Kier alpha value is -1.10. The number of aliphatic carboxylic acids is 2. The van der Waals surface area contributed by atoms with Gasteiger partial charge in [-0.05, 0) is 25.9 Å². The van der Waals surface area contributed by atoms with Crippen LogP contribution in [0.2, 0.25) is 0 Å². The van der Waals surface area contributed by atoms with Crippen LogP contribution in [-0.4, -0.2) is 46.7 Å². The third kappa shape index (κ3) is 20.9. The van der Waals surface area contributed by atoms with Crippen molar-refractivity contribution in [3.63, 3.8) is 0 Å². The Morgan fingerprint density at radius 3 is 1.59 bits per heavy atom. The van der Waals surface area contributed by atoms with Crippen LogP contribution in [0, 0.1) is 0 Å². The molecule has 0 rings (SSSR count). The number of carboxylic acid groups (broad SMARTS) is 2. The van der Waals surface area contributed by atoms with Crippen molar-refractivity contribution in [2.75, 3.05) is 19.6 Å². The second-order valence-corrected chi connectivity index (χ2v) is 3.90. The summed E-state index contributed by atoms with van der Waals surface area (Å²) in [5, 5.41) is 16.1. The number of unbranched alkanes of at least 4 members (excludes halogenated alkanes) is 2. The average molecular weight is 247 g/mol. The molecule has 0 aliphatic heterocycles. The Morgan fingerprint density at radius 2 is 1.35 bits per heavy atom. The predicted molar refractivity (Wildman–Crippen MR) is 67.2 cm³/mol. The highest BCUT2D eigenvalue weighted by Gasteiger charge is 2.07. The molecule has 0 saturated carbocycles. The quantitative estimate of drug-likeness (QED) is 0.686. The minimum absolute atomic E-state index is 0.194. The summed E-state index contributed by atoms with van der Waals surface area (Å²) in [4.78, 5) is 21.5. The molecule has 0 saturated heterocycles. The highest BCUT2D eigenvalue weighted by Crippen LogP contribution is 1.98. The topological polar surface area (TPSA) is 77.8 Å². The molecule has 5 nitrogen and oxygen atoms in total. The molecule has 0 aliphatic rings. The molecule has 0 aliphatic carbocycles. The van der Waals surface area contributed by atoms with Gasteiger partial charge in [0.15, 0.2) is 0 Å². The molecule has 0 aromatic rings. The number of hydrogen-bond acceptors (Lipinski definition) is 3. The van der Waals surface area contributed by atoms with E-state index in [2.05, 4.69) is 13.8 Å². The first-order valence-corrected chi connectivity index (χ1v) is 6.07. The van der Waals surface area contributed by atoms with Gasteiger partial charge in [-0.15, -0.1) is 0 Å². The largest absolute Gasteiger partial charge is 0.481 e. The minimum Gasteiger partial charge on any atom is -0.481 e. The molecule has 0 fully saturated rings. The van der Waals surface area contributed by atoms with Gasteiger partial charge >= 0.3 is 5.97 Å². The summed E-state index contributed by atoms with van der Waals surface area (Å²) in [6, 6.07) is 0. The number of carboxylic acids is 2. The summed E-state index contributed by atoms with van der Waals surface area (Å²) in [5.41, 5.74) is 0. The lowest BCUT2D eigenvalue weighted by atomic mass is 10.2. The van der Waals surface area contributed by atoms with E-state index in [-0.39, 0.29) is 6.54 Å². The van der Waals surface area contributed by atoms with Crippen molar-refractivity contribution in [1.29, 1.82) is 0 Å². The van der Waals surface area contributed by atoms with E-state index in [9.17, 15) is 4.79 Å². The van der Waals surface area contributed by atoms with E-state index in [0.29, 0.717) is 0 Å². The maximum absolute atomic E-state index is 10.5. The average Bonchev–Trinajstić information content (AvgIpc) is 2.20. The standard InChI is InChI=1S/C10H21NO2.C2H4O2/c1-3-5-7-11(8-6-4-2)9-10(12)13;1-2(3)4/h3-9H2,1-2H3,(H,12,13);1H3,(H,3,4). The third-order valence-electron chi connectivity index (χ3n) is 2.01. The van der Waals surface area contributed by atoms with Crippen molar-refractivity contribution in [3.8, 4) is 0 Å². The van der Waals surface area contributed by atoms with Crippen LogP contribution < -0.4 is 0 Å². The van der Waals surface area contributed by atoms with E-state index in [0.717, 1.165) is 45.7 Å². The van der Waals surface area contributed by atoms with E-state index in [4.69, 9.17) is 15.0 Å². The summed E-state index contributed by atoms with van der Waals surface area (Å²) in [6.45, 7) is 7.36. The van der Waals surface area contributed by atoms with Crippen molar-refractivity contribution < 1.29 is 19.8 Å². The fourth-order valence-electron chi connectivity index (χ4n) is 1.22. The first kappa shape index (κ1) is 18.3. The van der Waals surface area contributed by atoms with Gasteiger partial charge in [0.2, 0.25) is 0 Å². The SMILES string of the molecule is CC(=O)O.CCCCN(CCCC)CC(=O)O. The molecule has 0 spiro atoms. The van der Waals surface area contributed by atoms with Crippen LogP contribution in [-0.2, 0) is 9.59 Å². The molecule has 5 heteroatoms. The molecule has 0 aromatic heterocycles. The highest BCUT2D eigenvalue weighted by atomic mass is 16.4. The number of hydrogen-bond donors (Lipinski definition) is 2. The van der Waals surface area contributed by atoms with Gasteiger partial charge in [-0.3, -0.25) is 14.5 Å². The lowest BCUT2D eigenvalue weighted by molar-refractivity contribution is -0.138. The molecular weight excluding hydrogens is 222 g/mol. The van der Waals surface area contributed by atoms with E-state index < -0.39 is 11.9 Å². The zero-order valence-electron chi connectivity index (χ0n) is 11.1. The fraction of sp³-hybridized carbons (Fsp3) is 0.833. The highest BCUT2D eigenvalue weighted by molar-refractivity contribution is 5.69. The molecule has 17 heavy (non-hydrogen) atoms. The van der Waals surface area contributed by atoms with Gasteiger partial charge in [-0.1, -0.05) is 26.7 Å². The van der Waals surface area contributed by atoms with Crippen molar-refractivity contribution in [2.45, 2.75) is 46.5 Å². The van der Waals surface area contributed by atoms with Crippen LogP contribution in [0.5, 0.6) is 0 Å². The number of rotatable bonds is 8. The van der Waals surface area contributed by atoms with Gasteiger partial charge in [0.05, 0.1) is 6.54 Å². The van der Waals surface area contributed by atoms with Crippen molar-refractivity contribution in [2.24, 2.45) is 0 Å². The smallest absolute Gasteiger partial charge is 0.317 e. The Morgan fingerprint density at radius 1 is 1.00 bits per heavy atom. The molecule has 0 bridgehead atoms. The molecular formula is C12H25NO4. The predicted octanol–water partition coefficient (Wildman–Crippen LogP) is 2.06. The second kappa shape index (κ2) is 13.0. The molecule has 0 heterocycles. The second-order valence-electron chi connectivity index (χ2n) is 3.90. The Bertz CT molecular complexity index is 195. The van der Waals surface area contributed by atoms with Gasteiger partial charge in [-0.2, -0.15) is 0 Å². The summed E-state index contributed by atoms with van der Waals surface area (Å²) in [7, 11) is 0. The molecule has 102 valence electrons. The molecule has 0 atom stereocenters. The number of nitrogens with zero attached hydrogens (tertiary/aromatic N) is 1. The molecule has 0 amide bonds. The van der Waals surface area contributed by atoms with Gasteiger partial charge in [-0.25, -0.2) is 0 Å². The van der Waals surface area contributed by atoms with Crippen molar-refractivity contribution in [1.82, 2.24) is 4.90 Å². The van der Waals surface area contributed by atoms with Gasteiger partial charge in [0.1, 0.15) is 0 Å². The normalized spacial score (nSPS) is 9.65. The first-order valence-electron chi connectivity index (χ1n) is 6.07. The monoisotopic (exact) mass is 247 g/mol. The molecule has 0 aromatic carbocycles. The van der Waals surface area contributed by atoms with E-state index >= 15 is 0 Å². The lowest BCUT2D eigenvalue weighted by Crippen LogP contribution is -2.31. The summed E-state index contributed by atoms with van der Waals surface area (Å²) in [5.74, 6) is -1.55. The summed E-state index contributed by atoms with van der Waals surface area (Å²) in [6.07, 6.45) is 4.44. The zero-order valence-corrected chi connectivity index (χ0v) is 11.1. The molecule has 0 radical (unpaired) electrons. The van der Waals surface area contributed by atoms with E-state index in [1.165, 1.54) is 0 Å². The summed E-state index contributed by atoms with van der Waals surface area (Å²) >= 11 is 0.